The van der Waals surface area contributed by atoms with Gasteiger partial charge in [-0.25, -0.2) is 0 Å². The molecule has 0 saturated heterocycles. The number of unbranched alkanes of at least 4 members (excludes halogenated alkanes) is 2. The Morgan fingerprint density at radius 2 is 1.66 bits per heavy atom. The molecule has 0 aromatic heterocycles. The molecular formula is C23H29NO5. The standard InChI is InChI=1S/C23H29NO5/c1-27-20-15-13-18(14-16-20)17-29-21(11-7-4-8-12-22(25)28-2)23(26)24-19-9-5-3-6-10-19/h3,5-6,9-10,13-16,21H,4,7-8,11-12,17H2,1-2H3,(H,24,26). The summed E-state index contributed by atoms with van der Waals surface area (Å²) in [6.07, 6.45) is 2.75. The first-order chi connectivity index (χ1) is 14.1. The summed E-state index contributed by atoms with van der Waals surface area (Å²) in [6, 6.07) is 16.9. The van der Waals surface area contributed by atoms with E-state index >= 15 is 0 Å². The fourth-order valence-corrected chi connectivity index (χ4v) is 2.83. The molecule has 1 N–H and O–H groups in total. The van der Waals surface area contributed by atoms with Crippen molar-refractivity contribution in [3.63, 3.8) is 0 Å². The molecule has 0 saturated carbocycles. The van der Waals surface area contributed by atoms with E-state index in [2.05, 4.69) is 10.1 Å². The molecule has 0 fully saturated rings. The van der Waals surface area contributed by atoms with Crippen molar-refractivity contribution in [3.05, 3.63) is 60.2 Å². The third-order valence-electron chi connectivity index (χ3n) is 4.52. The van der Waals surface area contributed by atoms with Gasteiger partial charge in [-0.3, -0.25) is 9.59 Å². The second kappa shape index (κ2) is 12.6. The average molecular weight is 399 g/mol. The Balaban J connectivity index is 1.90. The van der Waals surface area contributed by atoms with E-state index in [1.54, 1.807) is 7.11 Å². The lowest BCUT2D eigenvalue weighted by molar-refractivity contribution is -0.140. The van der Waals surface area contributed by atoms with E-state index in [0.29, 0.717) is 19.4 Å². The molecule has 0 heterocycles. The molecule has 0 aliphatic carbocycles. The van der Waals surface area contributed by atoms with Crippen LogP contribution in [0.3, 0.4) is 0 Å². The van der Waals surface area contributed by atoms with Gasteiger partial charge in [0.05, 0.1) is 20.8 Å². The topological polar surface area (TPSA) is 73.9 Å². The van der Waals surface area contributed by atoms with Crippen molar-refractivity contribution in [2.24, 2.45) is 0 Å². The van der Waals surface area contributed by atoms with Gasteiger partial charge in [0.1, 0.15) is 11.9 Å². The molecule has 2 aromatic carbocycles. The van der Waals surface area contributed by atoms with Crippen LogP contribution < -0.4 is 10.1 Å². The predicted octanol–water partition coefficient (Wildman–Crippen LogP) is 4.34. The van der Waals surface area contributed by atoms with Crippen molar-refractivity contribution in [2.75, 3.05) is 19.5 Å². The molecule has 6 heteroatoms. The maximum absolute atomic E-state index is 12.7. The molecule has 1 atom stereocenters. The molecule has 1 amide bonds. The maximum atomic E-state index is 12.7. The van der Waals surface area contributed by atoms with Gasteiger partial charge in [-0.05, 0) is 42.7 Å². The largest absolute Gasteiger partial charge is 0.497 e. The summed E-state index contributed by atoms with van der Waals surface area (Å²) in [7, 11) is 3.01. The molecule has 0 spiro atoms. The first-order valence-electron chi connectivity index (χ1n) is 9.79. The number of hydrogen-bond acceptors (Lipinski definition) is 5. The van der Waals surface area contributed by atoms with Gasteiger partial charge in [-0.2, -0.15) is 0 Å². The summed E-state index contributed by atoms with van der Waals surface area (Å²) in [5.74, 6) is 0.398. The Morgan fingerprint density at radius 1 is 0.931 bits per heavy atom. The van der Waals surface area contributed by atoms with E-state index in [9.17, 15) is 9.59 Å². The highest BCUT2D eigenvalue weighted by Gasteiger charge is 2.19. The van der Waals surface area contributed by atoms with E-state index < -0.39 is 6.10 Å². The number of hydrogen-bond donors (Lipinski definition) is 1. The number of carbonyl (C=O) groups is 2. The number of ether oxygens (including phenoxy) is 3. The lowest BCUT2D eigenvalue weighted by atomic mass is 10.1. The first-order valence-corrected chi connectivity index (χ1v) is 9.79. The number of benzene rings is 2. The molecule has 29 heavy (non-hydrogen) atoms. The highest BCUT2D eigenvalue weighted by Crippen LogP contribution is 2.16. The van der Waals surface area contributed by atoms with Gasteiger partial charge in [0.2, 0.25) is 0 Å². The molecule has 2 rings (SSSR count). The summed E-state index contributed by atoms with van der Waals surface area (Å²) < 4.78 is 15.8. The van der Waals surface area contributed by atoms with Crippen molar-refractivity contribution < 1.29 is 23.8 Å². The zero-order valence-corrected chi connectivity index (χ0v) is 17.1. The minimum absolute atomic E-state index is 0.169. The van der Waals surface area contributed by atoms with E-state index in [1.807, 2.05) is 54.6 Å². The predicted molar refractivity (Wildman–Crippen MR) is 112 cm³/mol. The van der Waals surface area contributed by atoms with Crippen LogP contribution in [-0.4, -0.2) is 32.2 Å². The molecule has 0 aliphatic rings. The van der Waals surface area contributed by atoms with Crippen LogP contribution in [0.15, 0.2) is 54.6 Å². The quantitative estimate of drug-likeness (QED) is 0.424. The first kappa shape index (κ1) is 22.4. The number of anilines is 1. The van der Waals surface area contributed by atoms with E-state index in [0.717, 1.165) is 36.3 Å². The van der Waals surface area contributed by atoms with Gasteiger partial charge in [0.25, 0.3) is 5.91 Å². The second-order valence-corrected chi connectivity index (χ2v) is 6.68. The third-order valence-corrected chi connectivity index (χ3v) is 4.52. The van der Waals surface area contributed by atoms with E-state index in [4.69, 9.17) is 9.47 Å². The van der Waals surface area contributed by atoms with Gasteiger partial charge in [-0.1, -0.05) is 43.2 Å². The Labute approximate surface area is 172 Å². The lowest BCUT2D eigenvalue weighted by Gasteiger charge is -2.18. The molecule has 0 bridgehead atoms. The van der Waals surface area contributed by atoms with E-state index in [1.165, 1.54) is 7.11 Å². The zero-order valence-electron chi connectivity index (χ0n) is 17.1. The number of para-hydroxylation sites is 1. The number of esters is 1. The number of amides is 1. The third kappa shape index (κ3) is 8.35. The zero-order chi connectivity index (χ0) is 20.9. The fourth-order valence-electron chi connectivity index (χ4n) is 2.83. The SMILES string of the molecule is COC(=O)CCCCCC(OCc1ccc(OC)cc1)C(=O)Nc1ccccc1. The molecule has 2 aromatic rings. The van der Waals surface area contributed by atoms with Crippen LogP contribution in [0, 0.1) is 0 Å². The highest BCUT2D eigenvalue weighted by atomic mass is 16.5. The summed E-state index contributed by atoms with van der Waals surface area (Å²) in [4.78, 5) is 23.9. The Morgan fingerprint density at radius 3 is 2.31 bits per heavy atom. The van der Waals surface area contributed by atoms with Gasteiger partial charge in [0, 0.05) is 12.1 Å². The number of methoxy groups -OCH3 is 2. The van der Waals surface area contributed by atoms with Crippen molar-refractivity contribution in [1.29, 1.82) is 0 Å². The summed E-state index contributed by atoms with van der Waals surface area (Å²) in [6.45, 7) is 0.332. The monoisotopic (exact) mass is 399 g/mol. The van der Waals surface area contributed by atoms with Crippen LogP contribution in [0.25, 0.3) is 0 Å². The second-order valence-electron chi connectivity index (χ2n) is 6.68. The van der Waals surface area contributed by atoms with Crippen LogP contribution >= 0.6 is 0 Å². The van der Waals surface area contributed by atoms with Crippen LogP contribution in [-0.2, 0) is 25.7 Å². The van der Waals surface area contributed by atoms with Crippen molar-refractivity contribution in [3.8, 4) is 5.75 Å². The number of nitrogens with one attached hydrogen (secondary N) is 1. The van der Waals surface area contributed by atoms with Crippen LogP contribution in [0.5, 0.6) is 5.75 Å². The molecule has 0 radical (unpaired) electrons. The summed E-state index contributed by atoms with van der Waals surface area (Å²) in [5, 5.41) is 2.91. The van der Waals surface area contributed by atoms with Crippen molar-refractivity contribution in [1.82, 2.24) is 0 Å². The summed E-state index contributed by atoms with van der Waals surface area (Å²) >= 11 is 0. The van der Waals surface area contributed by atoms with Crippen LogP contribution in [0.2, 0.25) is 0 Å². The minimum Gasteiger partial charge on any atom is -0.497 e. The average Bonchev–Trinajstić information content (AvgIpc) is 2.76. The number of rotatable bonds is 12. The van der Waals surface area contributed by atoms with Crippen molar-refractivity contribution in [2.45, 2.75) is 44.8 Å². The number of carbonyl (C=O) groups excluding carboxylic acids is 2. The van der Waals surface area contributed by atoms with Gasteiger partial charge in [-0.15, -0.1) is 0 Å². The molecule has 0 aliphatic heterocycles. The fraction of sp³-hybridized carbons (Fsp3) is 0.391. The van der Waals surface area contributed by atoms with Gasteiger partial charge >= 0.3 is 5.97 Å². The Kier molecular flexibility index (Phi) is 9.72. The normalized spacial score (nSPS) is 11.5. The van der Waals surface area contributed by atoms with Crippen LogP contribution in [0.1, 0.15) is 37.7 Å². The van der Waals surface area contributed by atoms with Gasteiger partial charge in [0.15, 0.2) is 0 Å². The molecule has 1 unspecified atom stereocenters. The molecular weight excluding hydrogens is 370 g/mol. The Hall–Kier alpha value is -2.86. The van der Waals surface area contributed by atoms with Gasteiger partial charge < -0.3 is 19.5 Å². The maximum Gasteiger partial charge on any atom is 0.305 e. The smallest absolute Gasteiger partial charge is 0.305 e. The minimum atomic E-state index is -0.574. The van der Waals surface area contributed by atoms with Crippen LogP contribution in [0.4, 0.5) is 5.69 Å². The Bertz CT molecular complexity index is 746. The summed E-state index contributed by atoms with van der Waals surface area (Å²) in [5.41, 5.74) is 1.70. The molecule has 6 nitrogen and oxygen atoms in total. The van der Waals surface area contributed by atoms with Crippen molar-refractivity contribution >= 4 is 17.6 Å². The highest BCUT2D eigenvalue weighted by molar-refractivity contribution is 5.94. The molecule has 156 valence electrons. The van der Waals surface area contributed by atoms with E-state index in [-0.39, 0.29) is 11.9 Å². The lowest BCUT2D eigenvalue weighted by Crippen LogP contribution is -2.30.